The molecular weight excluding hydrogens is 474 g/mol. The first-order valence-electron chi connectivity index (χ1n) is 13.0. The van der Waals surface area contributed by atoms with Crippen LogP contribution in [0.4, 0.5) is 5.82 Å². The van der Waals surface area contributed by atoms with Crippen LogP contribution in [0.2, 0.25) is 0 Å². The molecule has 200 valence electrons. The summed E-state index contributed by atoms with van der Waals surface area (Å²) >= 11 is 0. The first-order chi connectivity index (χ1) is 18.0. The van der Waals surface area contributed by atoms with Crippen LogP contribution in [0.15, 0.2) is 24.3 Å². The summed E-state index contributed by atoms with van der Waals surface area (Å²) in [6, 6.07) is 7.22. The fourth-order valence-electron chi connectivity index (χ4n) is 4.53. The Hall–Kier alpha value is -3.33. The summed E-state index contributed by atoms with van der Waals surface area (Å²) in [5.74, 6) is 2.27. The molecule has 1 aromatic carbocycles. The van der Waals surface area contributed by atoms with Crippen molar-refractivity contribution < 1.29 is 28.5 Å². The summed E-state index contributed by atoms with van der Waals surface area (Å²) in [6.45, 7) is 4.31. The van der Waals surface area contributed by atoms with Crippen LogP contribution >= 0.6 is 0 Å². The molecule has 0 spiro atoms. The molecule has 9 heteroatoms. The molecule has 0 radical (unpaired) electrons. The van der Waals surface area contributed by atoms with E-state index in [0.717, 1.165) is 50.9 Å². The van der Waals surface area contributed by atoms with E-state index in [1.807, 2.05) is 18.2 Å². The van der Waals surface area contributed by atoms with Crippen molar-refractivity contribution in [1.82, 2.24) is 4.98 Å². The summed E-state index contributed by atoms with van der Waals surface area (Å²) in [5.41, 5.74) is 2.13. The Kier molecular flexibility index (Phi) is 9.22. The van der Waals surface area contributed by atoms with Crippen molar-refractivity contribution in [2.45, 2.75) is 45.6 Å². The number of carbonyl (C=O) groups is 1. The van der Waals surface area contributed by atoms with Crippen molar-refractivity contribution in [3.63, 3.8) is 0 Å². The van der Waals surface area contributed by atoms with E-state index in [9.17, 15) is 4.79 Å². The second kappa shape index (κ2) is 12.8. The minimum Gasteiger partial charge on any atom is -0.497 e. The molecule has 0 atom stereocenters. The van der Waals surface area contributed by atoms with Crippen LogP contribution in [0.1, 0.15) is 60.6 Å². The summed E-state index contributed by atoms with van der Waals surface area (Å²) in [4.78, 5) is 17.3. The smallest absolute Gasteiger partial charge is 0.357 e. The van der Waals surface area contributed by atoms with Gasteiger partial charge in [-0.25, -0.2) is 9.78 Å². The number of hydrogen-bond donors (Lipinski definition) is 2. The largest absolute Gasteiger partial charge is 0.497 e. The molecule has 9 nitrogen and oxygen atoms in total. The van der Waals surface area contributed by atoms with Crippen molar-refractivity contribution in [2.24, 2.45) is 11.8 Å². The van der Waals surface area contributed by atoms with Crippen LogP contribution in [0.25, 0.3) is 0 Å². The van der Waals surface area contributed by atoms with Gasteiger partial charge >= 0.3 is 5.97 Å². The summed E-state index contributed by atoms with van der Waals surface area (Å²) in [6.07, 6.45) is 4.87. The molecule has 1 saturated heterocycles. The molecule has 1 aliphatic carbocycles. The van der Waals surface area contributed by atoms with Crippen LogP contribution in [-0.4, -0.2) is 57.3 Å². The second-order valence-corrected chi connectivity index (χ2v) is 9.39. The van der Waals surface area contributed by atoms with Crippen molar-refractivity contribution in [1.29, 1.82) is 5.41 Å². The predicted octanol–water partition coefficient (Wildman–Crippen LogP) is 4.86. The number of nitrogens with zero attached hydrogens (tertiary/aromatic N) is 1. The molecule has 2 aliphatic rings. The minimum absolute atomic E-state index is 0.150. The fourth-order valence-corrected chi connectivity index (χ4v) is 4.53. The second-order valence-electron chi connectivity index (χ2n) is 9.39. The number of benzene rings is 1. The molecule has 2 N–H and O–H groups in total. The zero-order valence-corrected chi connectivity index (χ0v) is 21.9. The predicted molar refractivity (Wildman–Crippen MR) is 140 cm³/mol. The molecule has 2 fully saturated rings. The number of ether oxygens (including phenoxy) is 5. The molecule has 4 rings (SSSR count). The molecule has 1 saturated carbocycles. The highest BCUT2D eigenvalue weighted by Gasteiger charge is 2.30. The normalized spacial score (nSPS) is 16.0. The van der Waals surface area contributed by atoms with Crippen LogP contribution in [0.5, 0.6) is 17.2 Å². The Morgan fingerprint density at radius 3 is 2.54 bits per heavy atom. The standard InChI is InChI=1S/C28H37N3O6/c1-4-36-28(32)22-15-24(37-17-18-10-12-35-13-11-18)25(26(29)19-6-5-7-19)27(31-22)30-16-20-8-9-21(33-2)14-23(20)34-3/h8-9,14-15,18-19,29H,4-7,10-13,16-17H2,1-3H3,(H,30,31). The topological polar surface area (TPSA) is 112 Å². The summed E-state index contributed by atoms with van der Waals surface area (Å²) in [5, 5.41) is 12.4. The Bertz CT molecular complexity index is 1100. The number of hydrogen-bond acceptors (Lipinski definition) is 9. The molecule has 0 unspecified atom stereocenters. The Balaban J connectivity index is 1.68. The van der Waals surface area contributed by atoms with E-state index in [-0.39, 0.29) is 18.2 Å². The lowest BCUT2D eigenvalue weighted by Gasteiger charge is -2.29. The van der Waals surface area contributed by atoms with Gasteiger partial charge in [-0.05, 0) is 50.7 Å². The Morgan fingerprint density at radius 1 is 1.11 bits per heavy atom. The molecule has 0 amide bonds. The van der Waals surface area contributed by atoms with Gasteiger partial charge in [-0.15, -0.1) is 0 Å². The van der Waals surface area contributed by atoms with Crippen molar-refractivity contribution in [3.8, 4) is 17.2 Å². The maximum absolute atomic E-state index is 12.7. The van der Waals surface area contributed by atoms with E-state index >= 15 is 0 Å². The van der Waals surface area contributed by atoms with Gasteiger partial charge in [-0.2, -0.15) is 0 Å². The molecule has 37 heavy (non-hydrogen) atoms. The number of rotatable bonds is 12. The number of nitrogens with one attached hydrogen (secondary N) is 2. The number of carbonyl (C=O) groups excluding carboxylic acids is 1. The highest BCUT2D eigenvalue weighted by atomic mass is 16.5. The maximum Gasteiger partial charge on any atom is 0.357 e. The monoisotopic (exact) mass is 511 g/mol. The number of pyridine rings is 1. The Morgan fingerprint density at radius 2 is 1.89 bits per heavy atom. The number of methoxy groups -OCH3 is 2. The van der Waals surface area contributed by atoms with Crippen LogP contribution in [0, 0.1) is 17.2 Å². The lowest BCUT2D eigenvalue weighted by atomic mass is 9.79. The van der Waals surface area contributed by atoms with Gasteiger partial charge < -0.3 is 34.4 Å². The van der Waals surface area contributed by atoms with Crippen LogP contribution < -0.4 is 19.5 Å². The van der Waals surface area contributed by atoms with Gasteiger partial charge in [0.05, 0.1) is 33.0 Å². The third-order valence-electron chi connectivity index (χ3n) is 7.01. The van der Waals surface area contributed by atoms with Gasteiger partial charge in [0.25, 0.3) is 0 Å². The first-order valence-corrected chi connectivity index (χ1v) is 13.0. The number of anilines is 1. The fraction of sp³-hybridized carbons (Fsp3) is 0.536. The average Bonchev–Trinajstić information content (AvgIpc) is 2.89. The molecule has 1 aliphatic heterocycles. The third-order valence-corrected chi connectivity index (χ3v) is 7.01. The van der Waals surface area contributed by atoms with Gasteiger partial charge in [-0.1, -0.05) is 6.42 Å². The van der Waals surface area contributed by atoms with Gasteiger partial charge in [0.2, 0.25) is 0 Å². The minimum atomic E-state index is -0.523. The zero-order valence-electron chi connectivity index (χ0n) is 21.9. The zero-order chi connectivity index (χ0) is 26.2. The van der Waals surface area contributed by atoms with E-state index < -0.39 is 5.97 Å². The van der Waals surface area contributed by atoms with Gasteiger partial charge in [0, 0.05) is 49.1 Å². The first kappa shape index (κ1) is 26.7. The lowest BCUT2D eigenvalue weighted by Crippen LogP contribution is -2.26. The van der Waals surface area contributed by atoms with Gasteiger partial charge in [-0.3, -0.25) is 0 Å². The van der Waals surface area contributed by atoms with Gasteiger partial charge in [0.1, 0.15) is 23.1 Å². The van der Waals surface area contributed by atoms with E-state index in [1.54, 1.807) is 27.2 Å². The van der Waals surface area contributed by atoms with E-state index in [0.29, 0.717) is 53.4 Å². The van der Waals surface area contributed by atoms with Crippen molar-refractivity contribution in [2.75, 3.05) is 46.0 Å². The number of aromatic nitrogens is 1. The molecule has 2 heterocycles. The van der Waals surface area contributed by atoms with Crippen LogP contribution in [-0.2, 0) is 16.0 Å². The Labute approximate surface area is 218 Å². The molecular formula is C28H37N3O6. The lowest BCUT2D eigenvalue weighted by molar-refractivity contribution is 0.0493. The van der Waals surface area contributed by atoms with E-state index in [4.69, 9.17) is 29.1 Å². The van der Waals surface area contributed by atoms with Gasteiger partial charge in [0.15, 0.2) is 5.69 Å². The number of esters is 1. The quantitative estimate of drug-likeness (QED) is 0.307. The average molecular weight is 512 g/mol. The molecule has 2 aromatic rings. The molecule has 0 bridgehead atoms. The SMILES string of the molecule is CCOC(=O)c1cc(OCC2CCOCC2)c(C(=N)C2CCC2)c(NCc2ccc(OC)cc2OC)n1. The highest BCUT2D eigenvalue weighted by Crippen LogP contribution is 2.37. The summed E-state index contributed by atoms with van der Waals surface area (Å²) in [7, 11) is 3.22. The summed E-state index contributed by atoms with van der Waals surface area (Å²) < 4.78 is 27.9. The maximum atomic E-state index is 12.7. The van der Waals surface area contributed by atoms with E-state index in [2.05, 4.69) is 10.3 Å². The molecule has 1 aromatic heterocycles. The van der Waals surface area contributed by atoms with E-state index in [1.165, 1.54) is 0 Å². The highest BCUT2D eigenvalue weighted by molar-refractivity contribution is 6.07. The van der Waals surface area contributed by atoms with Crippen LogP contribution in [0.3, 0.4) is 0 Å². The third kappa shape index (κ3) is 6.52. The van der Waals surface area contributed by atoms with Crippen molar-refractivity contribution >= 4 is 17.5 Å². The van der Waals surface area contributed by atoms with Crippen molar-refractivity contribution in [3.05, 3.63) is 41.1 Å².